The van der Waals surface area contributed by atoms with Gasteiger partial charge in [-0.05, 0) is 25.6 Å². The fraction of sp³-hybridized carbons (Fsp3) is 0.333. The predicted molar refractivity (Wildman–Crippen MR) is 102 cm³/mol. The Hall–Kier alpha value is -2.58. The zero-order valence-corrected chi connectivity index (χ0v) is 15.4. The Morgan fingerprint density at radius 1 is 1.38 bits per heavy atom. The Morgan fingerprint density at radius 2 is 2.23 bits per heavy atom. The second-order valence-electron chi connectivity index (χ2n) is 6.34. The van der Waals surface area contributed by atoms with Gasteiger partial charge in [0.2, 0.25) is 5.43 Å². The van der Waals surface area contributed by atoms with Gasteiger partial charge in [0.05, 0.1) is 11.1 Å². The smallest absolute Gasteiger partial charge is 0.262 e. The number of hydrogen-bond donors (Lipinski definition) is 2. The molecule has 0 bridgehead atoms. The molecule has 1 amide bonds. The van der Waals surface area contributed by atoms with Gasteiger partial charge in [0.1, 0.15) is 11.2 Å². The van der Waals surface area contributed by atoms with Crippen LogP contribution in [0, 0.1) is 6.92 Å². The number of nitrogens with zero attached hydrogens (tertiary/aromatic N) is 3. The maximum atomic E-state index is 12.6. The third-order valence-electron chi connectivity index (χ3n) is 4.60. The molecule has 2 N–H and O–H groups in total. The van der Waals surface area contributed by atoms with Crippen molar-refractivity contribution < 1.29 is 4.79 Å². The lowest BCUT2D eigenvalue weighted by molar-refractivity contribution is 0.102. The number of H-pyrrole nitrogens is 1. The summed E-state index contributed by atoms with van der Waals surface area (Å²) in [6.07, 6.45) is 2.30. The van der Waals surface area contributed by atoms with Gasteiger partial charge in [-0.2, -0.15) is 0 Å². The van der Waals surface area contributed by atoms with Crippen molar-refractivity contribution in [1.29, 1.82) is 0 Å². The van der Waals surface area contributed by atoms with Crippen molar-refractivity contribution in [2.75, 3.05) is 18.4 Å². The van der Waals surface area contributed by atoms with Crippen LogP contribution in [0.3, 0.4) is 0 Å². The highest BCUT2D eigenvalue weighted by molar-refractivity contribution is 7.15. The lowest BCUT2D eigenvalue weighted by atomic mass is 10.2. The fourth-order valence-corrected chi connectivity index (χ4v) is 4.15. The number of fused-ring (bicyclic) bond motifs is 2. The van der Waals surface area contributed by atoms with Crippen molar-refractivity contribution in [3.8, 4) is 0 Å². The van der Waals surface area contributed by atoms with Crippen molar-refractivity contribution in [1.82, 2.24) is 19.9 Å². The first-order chi connectivity index (χ1) is 12.5. The van der Waals surface area contributed by atoms with E-state index in [1.807, 2.05) is 6.92 Å². The molecule has 4 heterocycles. The van der Waals surface area contributed by atoms with E-state index in [1.54, 1.807) is 12.1 Å². The van der Waals surface area contributed by atoms with Crippen LogP contribution in [-0.4, -0.2) is 38.8 Å². The number of nitrogens with one attached hydrogen (secondary N) is 2. The summed E-state index contributed by atoms with van der Waals surface area (Å²) >= 11 is 1.48. The molecule has 1 aliphatic rings. The van der Waals surface area contributed by atoms with E-state index < -0.39 is 5.91 Å². The summed E-state index contributed by atoms with van der Waals surface area (Å²) in [6.45, 7) is 6.83. The minimum Gasteiger partial charge on any atom is -0.345 e. The van der Waals surface area contributed by atoms with Crippen molar-refractivity contribution >= 4 is 33.4 Å². The maximum absolute atomic E-state index is 12.6. The molecule has 0 aromatic carbocycles. The summed E-state index contributed by atoms with van der Waals surface area (Å²) in [7, 11) is 0. The van der Waals surface area contributed by atoms with Gasteiger partial charge < -0.3 is 4.98 Å². The van der Waals surface area contributed by atoms with Crippen LogP contribution in [0.15, 0.2) is 23.1 Å². The van der Waals surface area contributed by atoms with Gasteiger partial charge in [0.15, 0.2) is 5.13 Å². The number of aromatic amines is 1. The number of pyridine rings is 2. The Balaban J connectivity index is 1.60. The molecule has 3 aromatic rings. The lowest BCUT2D eigenvalue weighted by Gasteiger charge is -2.23. The molecule has 4 rings (SSSR count). The monoisotopic (exact) mass is 369 g/mol. The molecule has 134 valence electrons. The molecule has 8 heteroatoms. The van der Waals surface area contributed by atoms with Gasteiger partial charge in [-0.15, -0.1) is 11.3 Å². The predicted octanol–water partition coefficient (Wildman–Crippen LogP) is 2.32. The number of rotatable bonds is 3. The van der Waals surface area contributed by atoms with Crippen LogP contribution in [0.25, 0.3) is 11.0 Å². The Bertz CT molecular complexity index is 1060. The van der Waals surface area contributed by atoms with Gasteiger partial charge in [-0.1, -0.05) is 6.92 Å². The van der Waals surface area contributed by atoms with Gasteiger partial charge >= 0.3 is 0 Å². The Kier molecular flexibility index (Phi) is 4.29. The number of aromatic nitrogens is 3. The van der Waals surface area contributed by atoms with Crippen LogP contribution in [0.4, 0.5) is 5.13 Å². The van der Waals surface area contributed by atoms with Crippen LogP contribution in [0.5, 0.6) is 0 Å². The van der Waals surface area contributed by atoms with Crippen molar-refractivity contribution in [2.24, 2.45) is 0 Å². The lowest BCUT2D eigenvalue weighted by Crippen LogP contribution is -2.29. The SMILES string of the molecule is CCN1CCc2nc(NC(=O)c3c[nH]c4nc(C)ccc4c3=O)sc2C1. The van der Waals surface area contributed by atoms with Crippen LogP contribution in [0.2, 0.25) is 0 Å². The first kappa shape index (κ1) is 16.9. The molecule has 0 fully saturated rings. The summed E-state index contributed by atoms with van der Waals surface area (Å²) in [5.74, 6) is -0.452. The third-order valence-corrected chi connectivity index (χ3v) is 5.60. The van der Waals surface area contributed by atoms with Crippen LogP contribution in [0.1, 0.15) is 33.5 Å². The molecular formula is C18H19N5O2S. The molecule has 1 aliphatic heterocycles. The van der Waals surface area contributed by atoms with Gasteiger partial charge in [-0.25, -0.2) is 9.97 Å². The second kappa shape index (κ2) is 6.62. The molecule has 3 aromatic heterocycles. The van der Waals surface area contributed by atoms with Crippen molar-refractivity contribution in [2.45, 2.75) is 26.8 Å². The third kappa shape index (κ3) is 3.02. The van der Waals surface area contributed by atoms with Crippen molar-refractivity contribution in [3.63, 3.8) is 0 Å². The van der Waals surface area contributed by atoms with Crippen LogP contribution < -0.4 is 10.7 Å². The number of carbonyl (C=O) groups excluding carboxylic acids is 1. The molecule has 7 nitrogen and oxygen atoms in total. The minimum atomic E-state index is -0.452. The van der Waals surface area contributed by atoms with E-state index in [4.69, 9.17) is 0 Å². The van der Waals surface area contributed by atoms with Gasteiger partial charge in [-0.3, -0.25) is 19.8 Å². The van der Waals surface area contributed by atoms with E-state index in [9.17, 15) is 9.59 Å². The van der Waals surface area contributed by atoms with Gasteiger partial charge in [0, 0.05) is 36.3 Å². The highest BCUT2D eigenvalue weighted by Crippen LogP contribution is 2.28. The molecule has 0 saturated carbocycles. The summed E-state index contributed by atoms with van der Waals surface area (Å²) < 4.78 is 0. The number of anilines is 1. The van der Waals surface area contributed by atoms with E-state index in [-0.39, 0.29) is 11.0 Å². The summed E-state index contributed by atoms with van der Waals surface area (Å²) in [5.41, 5.74) is 2.06. The molecule has 0 atom stereocenters. The first-order valence-corrected chi connectivity index (χ1v) is 9.38. The normalized spacial score (nSPS) is 14.4. The molecule has 0 aliphatic carbocycles. The summed E-state index contributed by atoms with van der Waals surface area (Å²) in [4.78, 5) is 40.4. The average Bonchev–Trinajstić information content (AvgIpc) is 3.02. The number of hydrogen-bond acceptors (Lipinski definition) is 6. The Morgan fingerprint density at radius 3 is 3.04 bits per heavy atom. The van der Waals surface area contributed by atoms with E-state index in [1.165, 1.54) is 22.4 Å². The van der Waals surface area contributed by atoms with E-state index in [0.717, 1.165) is 37.4 Å². The number of carbonyl (C=O) groups is 1. The summed E-state index contributed by atoms with van der Waals surface area (Å²) in [6, 6.07) is 3.45. The number of amides is 1. The number of aryl methyl sites for hydroxylation is 1. The quantitative estimate of drug-likeness (QED) is 0.739. The average molecular weight is 369 g/mol. The largest absolute Gasteiger partial charge is 0.345 e. The number of thiazole rings is 1. The Labute approximate surface area is 154 Å². The maximum Gasteiger partial charge on any atom is 0.262 e. The first-order valence-electron chi connectivity index (χ1n) is 8.56. The highest BCUT2D eigenvalue weighted by Gasteiger charge is 2.21. The zero-order chi connectivity index (χ0) is 18.3. The fourth-order valence-electron chi connectivity index (χ4n) is 3.11. The van der Waals surface area contributed by atoms with E-state index >= 15 is 0 Å². The van der Waals surface area contributed by atoms with Crippen molar-refractivity contribution in [3.05, 3.63) is 50.4 Å². The topological polar surface area (TPSA) is 91.0 Å². The minimum absolute atomic E-state index is 0.0616. The zero-order valence-electron chi connectivity index (χ0n) is 14.6. The summed E-state index contributed by atoms with van der Waals surface area (Å²) in [5, 5.41) is 3.72. The number of likely N-dealkylation sites (N-methyl/N-ethyl adjacent to an activating group) is 1. The molecule has 0 unspecified atom stereocenters. The van der Waals surface area contributed by atoms with E-state index in [0.29, 0.717) is 16.2 Å². The standard InChI is InChI=1S/C18H19N5O2S/c1-3-23-7-6-13-14(9-23)26-18(21-13)22-17(25)12-8-19-16-11(15(12)24)5-4-10(2)20-16/h4-5,8H,3,6-7,9H2,1-2H3,(H,19,20,24)(H,21,22,25). The van der Waals surface area contributed by atoms with Gasteiger partial charge in [0.25, 0.3) is 5.91 Å². The van der Waals surface area contributed by atoms with Crippen LogP contribution in [-0.2, 0) is 13.0 Å². The molecule has 0 spiro atoms. The molecular weight excluding hydrogens is 350 g/mol. The van der Waals surface area contributed by atoms with E-state index in [2.05, 4.69) is 32.1 Å². The molecule has 0 radical (unpaired) electrons. The second-order valence-corrected chi connectivity index (χ2v) is 7.43. The highest BCUT2D eigenvalue weighted by atomic mass is 32.1. The molecule has 26 heavy (non-hydrogen) atoms. The van der Waals surface area contributed by atoms with Crippen LogP contribution >= 0.6 is 11.3 Å². The molecule has 0 saturated heterocycles.